The van der Waals surface area contributed by atoms with Gasteiger partial charge in [-0.3, -0.25) is 4.79 Å². The van der Waals surface area contributed by atoms with Crippen molar-refractivity contribution >= 4 is 22.8 Å². The third-order valence-electron chi connectivity index (χ3n) is 6.61. The molecule has 3 aromatic heterocycles. The van der Waals surface area contributed by atoms with Gasteiger partial charge in [0.1, 0.15) is 11.6 Å². The fraction of sp³-hybridized carbons (Fsp3) is 0.360. The molecule has 9 nitrogen and oxygen atoms in total. The van der Waals surface area contributed by atoms with Crippen molar-refractivity contribution < 1.29 is 13.9 Å². The van der Waals surface area contributed by atoms with Gasteiger partial charge in [0.15, 0.2) is 11.4 Å². The normalized spacial score (nSPS) is 17.4. The highest BCUT2D eigenvalue weighted by atomic mass is 16.5. The van der Waals surface area contributed by atoms with E-state index in [2.05, 4.69) is 10.00 Å². The second-order valence-corrected chi connectivity index (χ2v) is 8.68. The van der Waals surface area contributed by atoms with Crippen LogP contribution in [-0.4, -0.2) is 69.9 Å². The maximum Gasteiger partial charge on any atom is 0.289 e. The molecule has 0 aliphatic carbocycles. The van der Waals surface area contributed by atoms with E-state index < -0.39 is 0 Å². The Bertz CT molecular complexity index is 1270. The molecular formula is C25H26N6O3. The van der Waals surface area contributed by atoms with Crippen molar-refractivity contribution in [3.05, 3.63) is 66.5 Å². The fourth-order valence-corrected chi connectivity index (χ4v) is 4.72. The second kappa shape index (κ2) is 8.90. The molecule has 2 saturated heterocycles. The minimum Gasteiger partial charge on any atom is -0.459 e. The lowest BCUT2D eigenvalue weighted by Gasteiger charge is -2.35. The number of furan rings is 1. The number of ether oxygens (including phenoxy) is 1. The molecule has 2 aliphatic rings. The molecule has 9 heteroatoms. The number of fused-ring (bicyclic) bond motifs is 1. The highest BCUT2D eigenvalue weighted by molar-refractivity contribution is 5.92. The van der Waals surface area contributed by atoms with E-state index in [-0.39, 0.29) is 11.8 Å². The van der Waals surface area contributed by atoms with E-state index in [0.717, 1.165) is 54.4 Å². The van der Waals surface area contributed by atoms with Crippen molar-refractivity contribution in [1.82, 2.24) is 24.6 Å². The molecule has 0 radical (unpaired) electrons. The lowest BCUT2D eigenvalue weighted by atomic mass is 9.99. The van der Waals surface area contributed by atoms with Gasteiger partial charge in [-0.15, -0.1) is 0 Å². The Kier molecular flexibility index (Phi) is 5.46. The van der Waals surface area contributed by atoms with Crippen LogP contribution in [0.4, 0.5) is 5.82 Å². The number of amides is 1. The summed E-state index contributed by atoms with van der Waals surface area (Å²) >= 11 is 0. The fourth-order valence-electron chi connectivity index (χ4n) is 4.72. The molecule has 1 aromatic carbocycles. The molecule has 2 aliphatic heterocycles. The molecule has 174 valence electrons. The van der Waals surface area contributed by atoms with E-state index in [1.807, 2.05) is 46.1 Å². The first kappa shape index (κ1) is 20.9. The quantitative estimate of drug-likeness (QED) is 0.464. The van der Waals surface area contributed by atoms with Crippen LogP contribution in [0.3, 0.4) is 0 Å². The van der Waals surface area contributed by atoms with E-state index in [1.165, 1.54) is 6.26 Å². The van der Waals surface area contributed by atoms with E-state index in [4.69, 9.17) is 19.1 Å². The summed E-state index contributed by atoms with van der Waals surface area (Å²) < 4.78 is 12.8. The van der Waals surface area contributed by atoms with Gasteiger partial charge < -0.3 is 19.0 Å². The number of hydrogen-bond donors (Lipinski definition) is 0. The first-order valence-corrected chi connectivity index (χ1v) is 11.7. The van der Waals surface area contributed by atoms with Gasteiger partial charge in [-0.1, -0.05) is 18.2 Å². The summed E-state index contributed by atoms with van der Waals surface area (Å²) in [5.74, 6) is 2.30. The van der Waals surface area contributed by atoms with E-state index in [0.29, 0.717) is 31.9 Å². The molecule has 5 heterocycles. The van der Waals surface area contributed by atoms with Gasteiger partial charge in [0, 0.05) is 45.3 Å². The first-order valence-electron chi connectivity index (χ1n) is 11.7. The van der Waals surface area contributed by atoms with Gasteiger partial charge in [0.2, 0.25) is 0 Å². The molecule has 34 heavy (non-hydrogen) atoms. The molecule has 6 rings (SSSR count). The minimum atomic E-state index is -0.0720. The summed E-state index contributed by atoms with van der Waals surface area (Å²) in [4.78, 5) is 26.8. The van der Waals surface area contributed by atoms with Crippen molar-refractivity contribution in [1.29, 1.82) is 0 Å². The summed E-state index contributed by atoms with van der Waals surface area (Å²) in [6, 6.07) is 13.5. The van der Waals surface area contributed by atoms with Crippen LogP contribution in [-0.2, 0) is 4.74 Å². The average Bonchev–Trinajstić information content (AvgIpc) is 3.59. The molecule has 0 saturated carbocycles. The lowest BCUT2D eigenvalue weighted by Crippen LogP contribution is -2.49. The predicted molar refractivity (Wildman–Crippen MR) is 126 cm³/mol. The number of para-hydroxylation sites is 1. The Hall–Kier alpha value is -3.72. The number of anilines is 1. The van der Waals surface area contributed by atoms with Gasteiger partial charge in [-0.05, 0) is 37.1 Å². The smallest absolute Gasteiger partial charge is 0.289 e. The van der Waals surface area contributed by atoms with Gasteiger partial charge in [-0.25, -0.2) is 14.6 Å². The number of hydrogen-bond acceptors (Lipinski definition) is 7. The summed E-state index contributed by atoms with van der Waals surface area (Å²) in [6.45, 7) is 4.03. The zero-order chi connectivity index (χ0) is 22.9. The Morgan fingerprint density at radius 3 is 2.47 bits per heavy atom. The first-order chi connectivity index (χ1) is 16.8. The molecule has 0 bridgehead atoms. The monoisotopic (exact) mass is 458 g/mol. The molecule has 0 atom stereocenters. The highest BCUT2D eigenvalue weighted by Gasteiger charge is 2.28. The van der Waals surface area contributed by atoms with E-state index >= 15 is 0 Å². The van der Waals surface area contributed by atoms with E-state index in [9.17, 15) is 4.79 Å². The topological polar surface area (TPSA) is 89.5 Å². The maximum absolute atomic E-state index is 12.7. The Labute approximate surface area is 197 Å². The van der Waals surface area contributed by atoms with Gasteiger partial charge in [0.05, 0.1) is 23.5 Å². The van der Waals surface area contributed by atoms with Crippen LogP contribution in [0, 0.1) is 0 Å². The van der Waals surface area contributed by atoms with Crippen molar-refractivity contribution in [3.63, 3.8) is 0 Å². The van der Waals surface area contributed by atoms with Crippen LogP contribution in [0.1, 0.15) is 35.1 Å². The molecule has 0 unspecified atom stereocenters. The molecular weight excluding hydrogens is 432 g/mol. The molecule has 4 aromatic rings. The summed E-state index contributed by atoms with van der Waals surface area (Å²) in [7, 11) is 0. The minimum absolute atomic E-state index is 0.0720. The summed E-state index contributed by atoms with van der Waals surface area (Å²) in [6.07, 6.45) is 5.21. The second-order valence-electron chi connectivity index (χ2n) is 8.68. The summed E-state index contributed by atoms with van der Waals surface area (Å²) in [5.41, 5.74) is 1.78. The number of rotatable bonds is 4. The largest absolute Gasteiger partial charge is 0.459 e. The third-order valence-corrected chi connectivity index (χ3v) is 6.61. The number of aromatic nitrogens is 4. The van der Waals surface area contributed by atoms with Gasteiger partial charge in [-0.2, -0.15) is 5.10 Å². The predicted octanol–water partition coefficient (Wildman–Crippen LogP) is 3.26. The maximum atomic E-state index is 12.7. The molecule has 0 spiro atoms. The summed E-state index contributed by atoms with van der Waals surface area (Å²) in [5, 5.41) is 5.59. The third kappa shape index (κ3) is 3.81. The number of benzene rings is 1. The van der Waals surface area contributed by atoms with Crippen LogP contribution < -0.4 is 4.90 Å². The highest BCUT2D eigenvalue weighted by Crippen LogP contribution is 2.31. The number of nitrogens with zero attached hydrogens (tertiary/aromatic N) is 6. The Balaban J connectivity index is 1.34. The SMILES string of the molecule is O=C(c1ccco1)N1CCN(c2nc(C3CCOCC3)nc3c2cnn3-c2ccccc2)CC1. The number of piperazine rings is 1. The Morgan fingerprint density at radius 2 is 1.74 bits per heavy atom. The average molecular weight is 459 g/mol. The molecule has 2 fully saturated rings. The molecule has 1 amide bonds. The van der Waals surface area contributed by atoms with Crippen molar-refractivity contribution in [2.24, 2.45) is 0 Å². The molecule has 0 N–H and O–H groups in total. The standard InChI is InChI=1S/C25H26N6O3/c32-25(21-7-4-14-34-21)30-12-10-29(11-13-30)23-20-17-26-31(19-5-2-1-3-6-19)24(20)28-22(27-23)18-8-15-33-16-9-18/h1-7,14,17-18H,8-13,15-16H2. The van der Waals surface area contributed by atoms with Gasteiger partial charge in [0.25, 0.3) is 5.91 Å². The van der Waals surface area contributed by atoms with Crippen LogP contribution in [0.5, 0.6) is 0 Å². The van der Waals surface area contributed by atoms with Gasteiger partial charge >= 0.3 is 0 Å². The van der Waals surface area contributed by atoms with Crippen molar-refractivity contribution in [3.8, 4) is 5.69 Å². The van der Waals surface area contributed by atoms with E-state index in [1.54, 1.807) is 12.1 Å². The van der Waals surface area contributed by atoms with Crippen LogP contribution >= 0.6 is 0 Å². The lowest BCUT2D eigenvalue weighted by molar-refractivity contribution is 0.0714. The number of carbonyl (C=O) groups is 1. The Morgan fingerprint density at radius 1 is 0.941 bits per heavy atom. The van der Waals surface area contributed by atoms with Crippen LogP contribution in [0.25, 0.3) is 16.7 Å². The van der Waals surface area contributed by atoms with Crippen LogP contribution in [0.2, 0.25) is 0 Å². The zero-order valence-corrected chi connectivity index (χ0v) is 18.8. The van der Waals surface area contributed by atoms with Crippen LogP contribution in [0.15, 0.2) is 59.3 Å². The zero-order valence-electron chi connectivity index (χ0n) is 18.8. The van der Waals surface area contributed by atoms with Crippen molar-refractivity contribution in [2.75, 3.05) is 44.3 Å². The number of carbonyl (C=O) groups excluding carboxylic acids is 1. The van der Waals surface area contributed by atoms with Crippen molar-refractivity contribution in [2.45, 2.75) is 18.8 Å².